The van der Waals surface area contributed by atoms with Crippen LogP contribution < -0.4 is 9.47 Å². The Hall–Kier alpha value is -1.91. The molecule has 2 aromatic carbocycles. The molecule has 0 aliphatic heterocycles. The summed E-state index contributed by atoms with van der Waals surface area (Å²) in [7, 11) is 0. The van der Waals surface area contributed by atoms with Gasteiger partial charge in [0.25, 0.3) is 0 Å². The van der Waals surface area contributed by atoms with Crippen molar-refractivity contribution in [1.29, 1.82) is 0 Å². The molecule has 0 bridgehead atoms. The molecule has 6 heteroatoms. The third kappa shape index (κ3) is 4.28. The molecule has 0 atom stereocenters. The predicted molar refractivity (Wildman–Crippen MR) is 80.9 cm³/mol. The van der Waals surface area contributed by atoms with E-state index in [4.69, 9.17) is 37.8 Å². The van der Waals surface area contributed by atoms with Gasteiger partial charge in [0.15, 0.2) is 0 Å². The van der Waals surface area contributed by atoms with Crippen molar-refractivity contribution in [2.75, 3.05) is 13.2 Å². The first-order valence-corrected chi connectivity index (χ1v) is 6.86. The smallest absolute Gasteiger partial charge is 0.339 e. The van der Waals surface area contributed by atoms with E-state index < -0.39 is 5.97 Å². The number of hydrogen-bond donors (Lipinski definition) is 1. The first-order valence-electron chi connectivity index (χ1n) is 6.11. The van der Waals surface area contributed by atoms with Gasteiger partial charge in [-0.2, -0.15) is 0 Å². The summed E-state index contributed by atoms with van der Waals surface area (Å²) in [5.41, 5.74) is 0.110. The molecule has 0 fully saturated rings. The van der Waals surface area contributed by atoms with Gasteiger partial charge in [0.05, 0.1) is 5.02 Å². The zero-order valence-corrected chi connectivity index (χ0v) is 12.4. The van der Waals surface area contributed by atoms with E-state index in [0.717, 1.165) is 0 Å². The quantitative estimate of drug-likeness (QED) is 0.810. The lowest BCUT2D eigenvalue weighted by atomic mass is 10.2. The van der Waals surface area contributed by atoms with E-state index in [1.165, 1.54) is 6.07 Å². The van der Waals surface area contributed by atoms with E-state index in [0.29, 0.717) is 21.5 Å². The van der Waals surface area contributed by atoms with Gasteiger partial charge in [-0.1, -0.05) is 35.3 Å². The fourth-order valence-corrected chi connectivity index (χ4v) is 1.99. The Morgan fingerprint density at radius 2 is 1.67 bits per heavy atom. The van der Waals surface area contributed by atoms with Gasteiger partial charge in [0, 0.05) is 11.1 Å². The van der Waals surface area contributed by atoms with Crippen molar-refractivity contribution < 1.29 is 19.4 Å². The van der Waals surface area contributed by atoms with Crippen LogP contribution in [0.15, 0.2) is 42.5 Å². The van der Waals surface area contributed by atoms with Crippen molar-refractivity contribution in [3.8, 4) is 11.5 Å². The third-order valence-corrected chi connectivity index (χ3v) is 3.16. The minimum atomic E-state index is -1.04. The number of hydrogen-bond acceptors (Lipinski definition) is 3. The molecule has 1 N–H and O–H groups in total. The predicted octanol–water partition coefficient (Wildman–Crippen LogP) is 4.15. The lowest BCUT2D eigenvalue weighted by Gasteiger charge is -2.11. The Morgan fingerprint density at radius 1 is 1.00 bits per heavy atom. The van der Waals surface area contributed by atoms with E-state index in [-0.39, 0.29) is 18.8 Å². The van der Waals surface area contributed by atoms with Gasteiger partial charge >= 0.3 is 5.97 Å². The molecule has 0 radical (unpaired) electrons. The second-order valence-electron chi connectivity index (χ2n) is 4.07. The highest BCUT2D eigenvalue weighted by Crippen LogP contribution is 2.27. The first kappa shape index (κ1) is 15.5. The molecule has 2 rings (SSSR count). The molecule has 4 nitrogen and oxygen atoms in total. The Morgan fingerprint density at radius 3 is 2.38 bits per heavy atom. The topological polar surface area (TPSA) is 55.8 Å². The minimum absolute atomic E-state index is 0.110. The summed E-state index contributed by atoms with van der Waals surface area (Å²) in [6, 6.07) is 11.3. The Kier molecular flexibility index (Phi) is 5.31. The average molecular weight is 327 g/mol. The van der Waals surface area contributed by atoms with Crippen LogP contribution in [0.4, 0.5) is 0 Å². The monoisotopic (exact) mass is 326 g/mol. The van der Waals surface area contributed by atoms with Gasteiger partial charge in [-0.15, -0.1) is 0 Å². The van der Waals surface area contributed by atoms with Crippen molar-refractivity contribution >= 4 is 29.2 Å². The van der Waals surface area contributed by atoms with Crippen LogP contribution in [0.25, 0.3) is 0 Å². The molecule has 0 saturated heterocycles. The largest absolute Gasteiger partial charge is 0.489 e. The lowest BCUT2D eigenvalue weighted by molar-refractivity contribution is 0.0691. The maximum absolute atomic E-state index is 11.0. The Balaban J connectivity index is 1.91. The van der Waals surface area contributed by atoms with Crippen molar-refractivity contribution in [2.45, 2.75) is 0 Å². The molecule has 0 heterocycles. The summed E-state index contributed by atoms with van der Waals surface area (Å²) >= 11 is 11.8. The molecule has 21 heavy (non-hydrogen) atoms. The zero-order valence-electron chi connectivity index (χ0n) is 10.9. The fraction of sp³-hybridized carbons (Fsp3) is 0.133. The van der Waals surface area contributed by atoms with Gasteiger partial charge < -0.3 is 14.6 Å². The number of halogens is 2. The molecule has 0 unspecified atom stereocenters. The molecule has 2 aromatic rings. The summed E-state index contributed by atoms with van der Waals surface area (Å²) in [5.74, 6) is -0.283. The number of carboxylic acid groups (broad SMARTS) is 1. The van der Waals surface area contributed by atoms with Gasteiger partial charge in [0.2, 0.25) is 0 Å². The third-order valence-electron chi connectivity index (χ3n) is 2.61. The van der Waals surface area contributed by atoms with Crippen LogP contribution in [0.3, 0.4) is 0 Å². The van der Waals surface area contributed by atoms with Crippen molar-refractivity contribution in [2.24, 2.45) is 0 Å². The molecular weight excluding hydrogens is 315 g/mol. The van der Waals surface area contributed by atoms with Crippen molar-refractivity contribution in [3.63, 3.8) is 0 Å². The lowest BCUT2D eigenvalue weighted by Crippen LogP contribution is -2.11. The van der Waals surface area contributed by atoms with E-state index >= 15 is 0 Å². The van der Waals surface area contributed by atoms with E-state index in [1.807, 2.05) is 0 Å². The number of aromatic carboxylic acids is 1. The number of carbonyl (C=O) groups is 1. The minimum Gasteiger partial charge on any atom is -0.489 e. The van der Waals surface area contributed by atoms with Gasteiger partial charge in [0.1, 0.15) is 30.3 Å². The highest BCUT2D eigenvalue weighted by Gasteiger charge is 2.10. The zero-order chi connectivity index (χ0) is 15.2. The second kappa shape index (κ2) is 7.20. The molecule has 110 valence electrons. The van der Waals surface area contributed by atoms with Crippen molar-refractivity contribution in [1.82, 2.24) is 0 Å². The van der Waals surface area contributed by atoms with Crippen LogP contribution >= 0.6 is 23.2 Å². The highest BCUT2D eigenvalue weighted by atomic mass is 35.5. The van der Waals surface area contributed by atoms with Gasteiger partial charge in [-0.3, -0.25) is 0 Å². The summed E-state index contributed by atoms with van der Waals surface area (Å²) in [5, 5.41) is 9.99. The number of benzene rings is 2. The Bertz CT molecular complexity index is 643. The molecule has 0 aliphatic rings. The molecule has 0 spiro atoms. The Labute approximate surface area is 131 Å². The number of para-hydroxylation sites is 1. The van der Waals surface area contributed by atoms with E-state index in [2.05, 4.69) is 0 Å². The molecule has 0 saturated carbocycles. The van der Waals surface area contributed by atoms with Crippen LogP contribution in [0.5, 0.6) is 11.5 Å². The standard InChI is InChI=1S/C15H12Cl2O4/c16-10-5-6-12(17)14(9-10)21-8-7-20-13-4-2-1-3-11(13)15(18)19/h1-6,9H,7-8H2,(H,18,19). The summed E-state index contributed by atoms with van der Waals surface area (Å²) in [6.07, 6.45) is 0. The van der Waals surface area contributed by atoms with E-state index in [1.54, 1.807) is 36.4 Å². The number of ether oxygens (including phenoxy) is 2. The highest BCUT2D eigenvalue weighted by molar-refractivity contribution is 6.34. The van der Waals surface area contributed by atoms with Crippen molar-refractivity contribution in [3.05, 3.63) is 58.1 Å². The summed E-state index contributed by atoms with van der Waals surface area (Å²) in [6.45, 7) is 0.404. The van der Waals surface area contributed by atoms with Crippen LogP contribution in [0.1, 0.15) is 10.4 Å². The van der Waals surface area contributed by atoms with Crippen LogP contribution in [0.2, 0.25) is 10.0 Å². The molecule has 0 amide bonds. The molecule has 0 aromatic heterocycles. The summed E-state index contributed by atoms with van der Waals surface area (Å²) in [4.78, 5) is 11.0. The first-order chi connectivity index (χ1) is 10.1. The second-order valence-corrected chi connectivity index (χ2v) is 4.92. The average Bonchev–Trinajstić information content (AvgIpc) is 2.47. The number of rotatable bonds is 6. The fourth-order valence-electron chi connectivity index (χ4n) is 1.66. The van der Waals surface area contributed by atoms with E-state index in [9.17, 15) is 4.79 Å². The number of carboxylic acids is 1. The SMILES string of the molecule is O=C(O)c1ccccc1OCCOc1cc(Cl)ccc1Cl. The normalized spacial score (nSPS) is 10.2. The maximum Gasteiger partial charge on any atom is 0.339 e. The summed E-state index contributed by atoms with van der Waals surface area (Å²) < 4.78 is 10.9. The molecular formula is C15H12Cl2O4. The molecule has 0 aliphatic carbocycles. The van der Waals surface area contributed by atoms with Gasteiger partial charge in [-0.05, 0) is 24.3 Å². The van der Waals surface area contributed by atoms with Crippen LogP contribution in [0, 0.1) is 0 Å². The maximum atomic E-state index is 11.0. The van der Waals surface area contributed by atoms with Gasteiger partial charge in [-0.25, -0.2) is 4.79 Å². The van der Waals surface area contributed by atoms with Crippen LogP contribution in [-0.2, 0) is 0 Å². The van der Waals surface area contributed by atoms with Crippen LogP contribution in [-0.4, -0.2) is 24.3 Å².